The first-order valence-electron chi connectivity index (χ1n) is 8.89. The summed E-state index contributed by atoms with van der Waals surface area (Å²) >= 11 is 0. The van der Waals surface area contributed by atoms with Crippen LogP contribution in [-0.2, 0) is 16.1 Å². The predicted molar refractivity (Wildman–Crippen MR) is 87.7 cm³/mol. The van der Waals surface area contributed by atoms with E-state index < -0.39 is 0 Å². The van der Waals surface area contributed by atoms with E-state index in [-0.39, 0.29) is 23.8 Å². The van der Waals surface area contributed by atoms with Crippen molar-refractivity contribution >= 4 is 11.8 Å². The molecule has 3 aliphatic rings. The third kappa shape index (κ3) is 3.26. The zero-order valence-electron chi connectivity index (χ0n) is 13.5. The van der Waals surface area contributed by atoms with Gasteiger partial charge in [0, 0.05) is 19.0 Å². The molecule has 1 heterocycles. The van der Waals surface area contributed by atoms with Gasteiger partial charge in [-0.3, -0.25) is 9.59 Å². The minimum atomic E-state index is -0.256. The number of rotatable bonds is 5. The Morgan fingerprint density at radius 3 is 2.43 bits per heavy atom. The summed E-state index contributed by atoms with van der Waals surface area (Å²) in [6.45, 7) is 1.29. The lowest BCUT2D eigenvalue weighted by atomic mass is 10.1. The molecule has 2 saturated carbocycles. The maximum absolute atomic E-state index is 12.5. The molecule has 4 nitrogen and oxygen atoms in total. The number of carbonyl (C=O) groups is 2. The fourth-order valence-corrected chi connectivity index (χ4v) is 3.50. The average Bonchev–Trinajstić information content (AvgIpc) is 3.49. The van der Waals surface area contributed by atoms with Gasteiger partial charge in [0.1, 0.15) is 6.04 Å². The fourth-order valence-electron chi connectivity index (χ4n) is 3.50. The van der Waals surface area contributed by atoms with Gasteiger partial charge < -0.3 is 10.2 Å². The molecule has 23 heavy (non-hydrogen) atoms. The van der Waals surface area contributed by atoms with E-state index in [0.717, 1.165) is 43.7 Å². The maximum atomic E-state index is 12.5. The molecule has 1 aliphatic heterocycles. The molecule has 4 rings (SSSR count). The maximum Gasteiger partial charge on any atom is 0.243 e. The normalized spacial score (nSPS) is 23.8. The number of hydrogen-bond acceptors (Lipinski definition) is 2. The minimum absolute atomic E-state index is 0.00256. The lowest BCUT2D eigenvalue weighted by molar-refractivity contribution is -0.139. The summed E-state index contributed by atoms with van der Waals surface area (Å²) in [5.41, 5.74) is 2.54. The van der Waals surface area contributed by atoms with E-state index in [1.54, 1.807) is 0 Å². The van der Waals surface area contributed by atoms with E-state index in [2.05, 4.69) is 29.6 Å². The SMILES string of the molecule is O=C(NCc1ccc(C2CC2)cc1)C1CCCN1C(=O)C1CC1. The van der Waals surface area contributed by atoms with E-state index >= 15 is 0 Å². The van der Waals surface area contributed by atoms with Crippen molar-refractivity contribution in [2.24, 2.45) is 5.92 Å². The molecule has 0 spiro atoms. The predicted octanol–water partition coefficient (Wildman–Crippen LogP) is 2.58. The van der Waals surface area contributed by atoms with Gasteiger partial charge >= 0.3 is 0 Å². The molecule has 1 atom stereocenters. The molecule has 1 N–H and O–H groups in total. The molecule has 0 bridgehead atoms. The van der Waals surface area contributed by atoms with Crippen molar-refractivity contribution in [2.45, 2.75) is 57.0 Å². The van der Waals surface area contributed by atoms with Crippen LogP contribution in [0.1, 0.15) is 55.6 Å². The van der Waals surface area contributed by atoms with Crippen LogP contribution in [0.5, 0.6) is 0 Å². The second-order valence-corrected chi connectivity index (χ2v) is 7.20. The average molecular weight is 312 g/mol. The first-order valence-corrected chi connectivity index (χ1v) is 8.89. The van der Waals surface area contributed by atoms with Gasteiger partial charge in [-0.15, -0.1) is 0 Å². The largest absolute Gasteiger partial charge is 0.350 e. The minimum Gasteiger partial charge on any atom is -0.350 e. The number of nitrogens with one attached hydrogen (secondary N) is 1. The summed E-state index contributed by atoms with van der Waals surface area (Å²) in [5.74, 6) is 1.15. The van der Waals surface area contributed by atoms with E-state index in [4.69, 9.17) is 0 Å². The van der Waals surface area contributed by atoms with Crippen molar-refractivity contribution in [3.63, 3.8) is 0 Å². The Morgan fingerprint density at radius 1 is 1.04 bits per heavy atom. The second kappa shape index (κ2) is 5.99. The highest BCUT2D eigenvalue weighted by atomic mass is 16.2. The summed E-state index contributed by atoms with van der Waals surface area (Å²) in [7, 11) is 0. The van der Waals surface area contributed by atoms with Crippen LogP contribution in [0.2, 0.25) is 0 Å². The van der Waals surface area contributed by atoms with Crippen LogP contribution in [0, 0.1) is 5.92 Å². The molecular formula is C19H24N2O2. The molecule has 1 aromatic carbocycles. The Morgan fingerprint density at radius 2 is 1.78 bits per heavy atom. The van der Waals surface area contributed by atoms with Crippen LogP contribution in [0.3, 0.4) is 0 Å². The molecule has 1 saturated heterocycles. The van der Waals surface area contributed by atoms with Gasteiger partial charge in [0.2, 0.25) is 11.8 Å². The number of benzene rings is 1. The van der Waals surface area contributed by atoms with E-state index in [1.165, 1.54) is 18.4 Å². The van der Waals surface area contributed by atoms with Gasteiger partial charge in [0.15, 0.2) is 0 Å². The quantitative estimate of drug-likeness (QED) is 0.908. The van der Waals surface area contributed by atoms with Crippen LogP contribution in [0.25, 0.3) is 0 Å². The van der Waals surface area contributed by atoms with Crippen molar-refractivity contribution in [1.82, 2.24) is 10.2 Å². The number of carbonyl (C=O) groups excluding carboxylic acids is 2. The van der Waals surface area contributed by atoms with Crippen LogP contribution in [-0.4, -0.2) is 29.3 Å². The number of amides is 2. The molecule has 3 fully saturated rings. The monoisotopic (exact) mass is 312 g/mol. The Kier molecular flexibility index (Phi) is 3.83. The van der Waals surface area contributed by atoms with Crippen molar-refractivity contribution in [2.75, 3.05) is 6.54 Å². The highest BCUT2D eigenvalue weighted by Crippen LogP contribution is 2.39. The summed E-state index contributed by atoms with van der Waals surface area (Å²) in [4.78, 5) is 26.5. The fraction of sp³-hybridized carbons (Fsp3) is 0.579. The van der Waals surface area contributed by atoms with E-state index in [9.17, 15) is 9.59 Å². The van der Waals surface area contributed by atoms with Gasteiger partial charge in [-0.05, 0) is 55.6 Å². The molecular weight excluding hydrogens is 288 g/mol. The molecule has 122 valence electrons. The van der Waals surface area contributed by atoms with Crippen LogP contribution >= 0.6 is 0 Å². The lowest BCUT2D eigenvalue weighted by Gasteiger charge is -2.24. The topological polar surface area (TPSA) is 49.4 Å². The van der Waals surface area contributed by atoms with Crippen molar-refractivity contribution in [1.29, 1.82) is 0 Å². The van der Waals surface area contributed by atoms with Gasteiger partial charge in [0.25, 0.3) is 0 Å². The summed E-state index contributed by atoms with van der Waals surface area (Å²) in [6, 6.07) is 8.31. The highest BCUT2D eigenvalue weighted by molar-refractivity contribution is 5.89. The Hall–Kier alpha value is -1.84. The van der Waals surface area contributed by atoms with Gasteiger partial charge in [-0.2, -0.15) is 0 Å². The van der Waals surface area contributed by atoms with Gasteiger partial charge in [-0.25, -0.2) is 0 Å². The van der Waals surface area contributed by atoms with Crippen molar-refractivity contribution in [3.8, 4) is 0 Å². The Bertz CT molecular complexity index is 602. The molecule has 1 unspecified atom stereocenters. The Balaban J connectivity index is 1.32. The van der Waals surface area contributed by atoms with Crippen LogP contribution < -0.4 is 5.32 Å². The van der Waals surface area contributed by atoms with Crippen molar-refractivity contribution < 1.29 is 9.59 Å². The molecule has 4 heteroatoms. The van der Waals surface area contributed by atoms with Crippen LogP contribution in [0.4, 0.5) is 0 Å². The first kappa shape index (κ1) is 14.7. The van der Waals surface area contributed by atoms with E-state index in [1.807, 2.05) is 4.90 Å². The summed E-state index contributed by atoms with van der Waals surface area (Å²) in [5, 5.41) is 3.02. The van der Waals surface area contributed by atoms with Crippen LogP contribution in [0.15, 0.2) is 24.3 Å². The highest BCUT2D eigenvalue weighted by Gasteiger charge is 2.40. The molecule has 1 aromatic rings. The zero-order valence-corrected chi connectivity index (χ0v) is 13.5. The molecule has 2 amide bonds. The van der Waals surface area contributed by atoms with E-state index in [0.29, 0.717) is 6.54 Å². The summed E-state index contributed by atoms with van der Waals surface area (Å²) < 4.78 is 0. The zero-order chi connectivity index (χ0) is 15.8. The third-order valence-corrected chi connectivity index (χ3v) is 5.26. The summed E-state index contributed by atoms with van der Waals surface area (Å²) in [6.07, 6.45) is 6.34. The third-order valence-electron chi connectivity index (χ3n) is 5.26. The standard InChI is InChI=1S/C19H24N2O2/c22-18(17-2-1-11-21(17)19(23)16-9-10-16)20-12-13-3-5-14(6-4-13)15-7-8-15/h3-6,15-17H,1-2,7-12H2,(H,20,22). The smallest absolute Gasteiger partial charge is 0.243 e. The molecule has 2 aliphatic carbocycles. The second-order valence-electron chi connectivity index (χ2n) is 7.20. The number of nitrogens with zero attached hydrogens (tertiary/aromatic N) is 1. The molecule has 0 radical (unpaired) electrons. The number of likely N-dealkylation sites (tertiary alicyclic amines) is 1. The first-order chi connectivity index (χ1) is 11.2. The lowest BCUT2D eigenvalue weighted by Crippen LogP contribution is -2.46. The Labute approximate surface area is 137 Å². The van der Waals surface area contributed by atoms with Gasteiger partial charge in [0.05, 0.1) is 0 Å². The van der Waals surface area contributed by atoms with Crippen molar-refractivity contribution in [3.05, 3.63) is 35.4 Å². The molecule has 0 aromatic heterocycles. The van der Waals surface area contributed by atoms with Gasteiger partial charge in [-0.1, -0.05) is 24.3 Å². The number of hydrogen-bond donors (Lipinski definition) is 1.